The summed E-state index contributed by atoms with van der Waals surface area (Å²) in [5.74, 6) is -0.982. The topological polar surface area (TPSA) is 97.6 Å². The summed E-state index contributed by atoms with van der Waals surface area (Å²) in [6, 6.07) is 5.05. The molecule has 0 aliphatic carbocycles. The van der Waals surface area contributed by atoms with Crippen LogP contribution in [0.2, 0.25) is 0 Å². The molecule has 0 aliphatic heterocycles. The Morgan fingerprint density at radius 3 is 2.74 bits per heavy atom. The zero-order chi connectivity index (χ0) is 35.3. The molecule has 0 spiro atoms. The van der Waals surface area contributed by atoms with Gasteiger partial charge in [-0.2, -0.15) is 13.2 Å². The van der Waals surface area contributed by atoms with E-state index in [2.05, 4.69) is 30.6 Å². The lowest BCUT2D eigenvalue weighted by Gasteiger charge is -2.14. The molecule has 0 aliphatic rings. The van der Waals surface area contributed by atoms with Gasteiger partial charge in [-0.05, 0) is 67.8 Å². The summed E-state index contributed by atoms with van der Waals surface area (Å²) >= 11 is 0. The van der Waals surface area contributed by atoms with Crippen molar-refractivity contribution in [1.29, 1.82) is 0 Å². The monoisotopic (exact) mass is 538 g/mol. The molecule has 0 unspecified atom stereocenters. The lowest BCUT2D eigenvalue weighted by molar-refractivity contribution is -0.137. The maximum Gasteiger partial charge on any atom is 0.416 e. The number of nitrogens with one attached hydrogen (secondary N) is 2. The van der Waals surface area contributed by atoms with E-state index >= 15 is 0 Å². The number of imidazole rings is 1. The largest absolute Gasteiger partial charge is 0.416 e. The van der Waals surface area contributed by atoms with Crippen LogP contribution in [0.3, 0.4) is 0 Å². The van der Waals surface area contributed by atoms with Crippen molar-refractivity contribution in [2.75, 3.05) is 10.6 Å². The molecule has 3 aromatic heterocycles. The molecule has 0 fully saturated rings. The number of aryl methyl sites for hydroxylation is 2. The highest BCUT2D eigenvalue weighted by Crippen LogP contribution is 2.33. The molecule has 2 N–H and O–H groups in total. The van der Waals surface area contributed by atoms with Crippen molar-refractivity contribution in [3.8, 4) is 16.9 Å². The van der Waals surface area contributed by atoms with Crippen LogP contribution in [0, 0.1) is 13.8 Å². The van der Waals surface area contributed by atoms with Crippen LogP contribution >= 0.6 is 0 Å². The van der Waals surface area contributed by atoms with Gasteiger partial charge < -0.3 is 15.2 Å². The van der Waals surface area contributed by atoms with Crippen LogP contribution in [-0.2, 0) is 6.18 Å². The van der Waals surface area contributed by atoms with Crippen molar-refractivity contribution in [3.63, 3.8) is 0 Å². The van der Waals surface area contributed by atoms with Gasteiger partial charge in [0.05, 0.1) is 30.1 Å². The van der Waals surface area contributed by atoms with E-state index in [9.17, 15) is 18.0 Å². The summed E-state index contributed by atoms with van der Waals surface area (Å²) < 4.78 is 115. The van der Waals surface area contributed by atoms with Crippen LogP contribution in [0.4, 0.5) is 30.5 Å². The maximum absolute atomic E-state index is 14.2. The van der Waals surface area contributed by atoms with Gasteiger partial charge in [0.2, 0.25) is 5.95 Å². The number of rotatable bonds is 6. The third kappa shape index (κ3) is 5.93. The molecule has 0 saturated carbocycles. The number of carbonyl (C=O) groups is 1. The molecule has 2 aromatic carbocycles. The van der Waals surface area contributed by atoms with E-state index in [0.717, 1.165) is 0 Å². The molecule has 0 saturated heterocycles. The number of nitrogens with zero attached hydrogens (tertiary/aromatic N) is 5. The Balaban J connectivity index is 1.55. The number of alkyl halides is 3. The molecule has 3 heterocycles. The first-order valence-corrected chi connectivity index (χ1v) is 11.1. The first-order valence-electron chi connectivity index (χ1n) is 15.6. The number of carbonyl (C=O) groups excluding carboxylic acids is 1. The molecule has 11 heteroatoms. The second kappa shape index (κ2) is 10.4. The van der Waals surface area contributed by atoms with Crippen molar-refractivity contribution in [1.82, 2.24) is 24.5 Å². The van der Waals surface area contributed by atoms with Crippen molar-refractivity contribution in [3.05, 3.63) is 108 Å². The number of aromatic nitrogens is 5. The average Bonchev–Trinajstić information content (AvgIpc) is 3.30. The van der Waals surface area contributed by atoms with Gasteiger partial charge in [0.15, 0.2) is 0 Å². The number of hydrogen-bond acceptors (Lipinski definition) is 6. The third-order valence-corrected chi connectivity index (χ3v) is 5.25. The summed E-state index contributed by atoms with van der Waals surface area (Å²) in [7, 11) is 0. The number of hydrogen-bond donors (Lipinski definition) is 2. The second-order valence-electron chi connectivity index (χ2n) is 8.02. The lowest BCUT2D eigenvalue weighted by Crippen LogP contribution is -2.14. The summed E-state index contributed by atoms with van der Waals surface area (Å²) in [4.78, 5) is 29.3. The summed E-state index contributed by atoms with van der Waals surface area (Å²) in [5.41, 5.74) is -3.33. The Morgan fingerprint density at radius 2 is 1.97 bits per heavy atom. The van der Waals surface area contributed by atoms with Gasteiger partial charge in [-0.3, -0.25) is 9.78 Å². The minimum Gasteiger partial charge on any atom is -0.324 e. The van der Waals surface area contributed by atoms with E-state index in [4.69, 9.17) is 12.3 Å². The quantitative estimate of drug-likeness (QED) is 0.261. The first kappa shape index (κ1) is 16.7. The van der Waals surface area contributed by atoms with Crippen LogP contribution in [0.5, 0.6) is 0 Å². The highest BCUT2D eigenvalue weighted by atomic mass is 19.4. The lowest BCUT2D eigenvalue weighted by atomic mass is 10.1. The molecule has 5 rings (SSSR count). The Kier molecular flexibility index (Phi) is 4.44. The fraction of sp³-hybridized carbons (Fsp3) is 0.107. The summed E-state index contributed by atoms with van der Waals surface area (Å²) in [5, 5.41) is 5.06. The van der Waals surface area contributed by atoms with Gasteiger partial charge >= 0.3 is 6.18 Å². The highest BCUT2D eigenvalue weighted by molar-refractivity contribution is 6.05. The molecule has 39 heavy (non-hydrogen) atoms. The molecule has 196 valence electrons. The van der Waals surface area contributed by atoms with Crippen molar-refractivity contribution >= 4 is 23.2 Å². The smallest absolute Gasteiger partial charge is 0.324 e. The minimum absolute atomic E-state index is 0.0153. The normalized spacial score (nSPS) is 14.9. The van der Waals surface area contributed by atoms with Crippen molar-refractivity contribution in [2.24, 2.45) is 0 Å². The molecule has 8 nitrogen and oxygen atoms in total. The SMILES string of the molecule is [2H]c1ncccc1-c1ccnc(Nc2cc(C(=O)Nc3c([2H])c(-n4c([2H])nc(C([2H])([2H])[2H])c4[2H])c([2H])c(C(F)(F)F)c3[2H])ccc2C)n1. The average molecular weight is 539 g/mol. The van der Waals surface area contributed by atoms with Gasteiger partial charge in [-0.25, -0.2) is 15.0 Å². The fourth-order valence-electron chi connectivity index (χ4n) is 3.38. The molecular weight excluding hydrogens is 507 g/mol. The van der Waals surface area contributed by atoms with Crippen LogP contribution in [0.1, 0.15) is 39.5 Å². The zero-order valence-corrected chi connectivity index (χ0v) is 19.9. The Bertz CT molecular complexity index is 2090. The predicted octanol–water partition coefficient (Wildman–Crippen LogP) is 6.36. The van der Waals surface area contributed by atoms with Crippen LogP contribution in [-0.4, -0.2) is 30.4 Å². The number of amides is 1. The maximum atomic E-state index is 14.2. The molecule has 0 radical (unpaired) electrons. The molecular formula is C28H22F3N7O. The minimum atomic E-state index is -5.36. The molecule has 0 atom stereocenters. The Hall–Kier alpha value is -5.06. The molecule has 0 bridgehead atoms. The van der Waals surface area contributed by atoms with Gasteiger partial charge in [0, 0.05) is 57.0 Å². The summed E-state index contributed by atoms with van der Waals surface area (Å²) in [6.45, 7) is -1.36. The fourth-order valence-corrected chi connectivity index (χ4v) is 3.38. The Labute approximate surface area is 234 Å². The van der Waals surface area contributed by atoms with Gasteiger partial charge in [-0.15, -0.1) is 0 Å². The number of benzene rings is 2. The Morgan fingerprint density at radius 1 is 1.10 bits per heavy atom. The van der Waals surface area contributed by atoms with E-state index in [0.29, 0.717) is 22.5 Å². The van der Waals surface area contributed by atoms with E-state index in [1.54, 1.807) is 25.1 Å². The molecule has 1 amide bonds. The van der Waals surface area contributed by atoms with Crippen LogP contribution in [0.25, 0.3) is 16.9 Å². The van der Waals surface area contributed by atoms with Crippen molar-refractivity contribution in [2.45, 2.75) is 20.0 Å². The molecule has 5 aromatic rings. The second-order valence-corrected chi connectivity index (χ2v) is 8.02. The van der Waals surface area contributed by atoms with Crippen molar-refractivity contribution < 1.29 is 30.3 Å². The number of pyridine rings is 1. The zero-order valence-electron chi connectivity index (χ0n) is 28.9. The predicted molar refractivity (Wildman–Crippen MR) is 141 cm³/mol. The van der Waals surface area contributed by atoms with E-state index in [-0.39, 0.29) is 22.3 Å². The van der Waals surface area contributed by atoms with E-state index in [1.165, 1.54) is 30.6 Å². The van der Waals surface area contributed by atoms with E-state index in [1.807, 2.05) is 0 Å². The van der Waals surface area contributed by atoms with Gasteiger partial charge in [-0.1, -0.05) is 6.07 Å². The standard InChI is InChI=1S/C28H22F3N7O/c1-17-5-6-19(10-25(17)37-27-33-9-7-24(36-27)20-4-3-8-32-14-20)26(39)35-22-11-21(28(29,30)31)12-23(13-22)38-15-18(2)34-16-38/h3-16H,1-2H3,(H,35,39)(H,33,36,37)/i2D3,11D,12D,13D,14D,15D,16D. The first-order chi connectivity index (χ1) is 22.4. The van der Waals surface area contributed by atoms with E-state index < -0.39 is 72.2 Å². The summed E-state index contributed by atoms with van der Waals surface area (Å²) in [6.07, 6.45) is -4.59. The van der Waals surface area contributed by atoms with Crippen LogP contribution in [0.15, 0.2) is 85.6 Å². The van der Waals surface area contributed by atoms with Crippen LogP contribution < -0.4 is 10.6 Å². The third-order valence-electron chi connectivity index (χ3n) is 5.25. The number of halogens is 3. The van der Waals surface area contributed by atoms with Gasteiger partial charge in [0.1, 0.15) is 1.37 Å². The highest BCUT2D eigenvalue weighted by Gasteiger charge is 2.31. The number of anilines is 3. The van der Waals surface area contributed by atoms with Gasteiger partial charge in [0.25, 0.3) is 5.91 Å².